The average Bonchev–Trinajstić information content (AvgIpc) is 2.57. The second-order valence-corrected chi connectivity index (χ2v) is 4.02. The van der Waals surface area contributed by atoms with E-state index in [0.717, 1.165) is 13.0 Å². The molecule has 0 spiro atoms. The van der Waals surface area contributed by atoms with E-state index >= 15 is 0 Å². The van der Waals surface area contributed by atoms with Crippen LogP contribution < -0.4 is 16.4 Å². The number of nitrogens with two attached hydrogens (primary N) is 1. The highest BCUT2D eigenvalue weighted by Crippen LogP contribution is 2.24. The van der Waals surface area contributed by atoms with Crippen molar-refractivity contribution in [2.75, 3.05) is 24.1 Å². The van der Waals surface area contributed by atoms with Crippen molar-refractivity contribution in [2.45, 2.75) is 20.3 Å². The van der Waals surface area contributed by atoms with Gasteiger partial charge in [-0.15, -0.1) is 0 Å². The lowest BCUT2D eigenvalue weighted by Crippen LogP contribution is -2.22. The van der Waals surface area contributed by atoms with Gasteiger partial charge in [-0.1, -0.05) is 18.3 Å². The first-order valence-electron chi connectivity index (χ1n) is 4.97. The third-order valence-corrected chi connectivity index (χ3v) is 2.75. The van der Waals surface area contributed by atoms with Crippen molar-refractivity contribution in [1.29, 1.82) is 0 Å². The first kappa shape index (κ1) is 11.8. The molecule has 84 valence electrons. The standard InChI is InChI=1S/C9H16N4OS/c1-3-5-12-9-13-7(10)6(15-9)8(14)11-4-2/h3-5,10H2,1-2H3,(H,11,14)(H,12,13). The molecule has 4 N–H and O–H groups in total. The molecule has 0 aliphatic carbocycles. The first-order chi connectivity index (χ1) is 7.19. The quantitative estimate of drug-likeness (QED) is 0.709. The second kappa shape index (κ2) is 5.55. The van der Waals surface area contributed by atoms with Crippen LogP contribution in [0.4, 0.5) is 10.9 Å². The Balaban J connectivity index is 2.72. The van der Waals surface area contributed by atoms with E-state index in [2.05, 4.69) is 22.5 Å². The van der Waals surface area contributed by atoms with Crippen LogP contribution in [-0.2, 0) is 0 Å². The molecule has 0 fully saturated rings. The Bertz CT molecular complexity index is 337. The van der Waals surface area contributed by atoms with E-state index in [9.17, 15) is 4.79 Å². The summed E-state index contributed by atoms with van der Waals surface area (Å²) in [7, 11) is 0. The van der Waals surface area contributed by atoms with Gasteiger partial charge in [0.2, 0.25) is 0 Å². The van der Waals surface area contributed by atoms with E-state index in [0.29, 0.717) is 22.4 Å². The number of nitrogen functional groups attached to an aromatic ring is 1. The molecule has 6 heteroatoms. The van der Waals surface area contributed by atoms with Gasteiger partial charge in [-0.05, 0) is 13.3 Å². The first-order valence-corrected chi connectivity index (χ1v) is 5.79. The van der Waals surface area contributed by atoms with Gasteiger partial charge < -0.3 is 16.4 Å². The van der Waals surface area contributed by atoms with Crippen LogP contribution in [0.15, 0.2) is 0 Å². The molecule has 1 rings (SSSR count). The molecule has 15 heavy (non-hydrogen) atoms. The highest BCUT2D eigenvalue weighted by molar-refractivity contribution is 7.18. The zero-order valence-corrected chi connectivity index (χ0v) is 9.78. The number of aromatic nitrogens is 1. The number of amides is 1. The summed E-state index contributed by atoms with van der Waals surface area (Å²) in [5.41, 5.74) is 5.64. The molecule has 0 saturated heterocycles. The summed E-state index contributed by atoms with van der Waals surface area (Å²) in [6.45, 7) is 5.36. The molecule has 0 bridgehead atoms. The third kappa shape index (κ3) is 3.09. The molecule has 0 aromatic carbocycles. The summed E-state index contributed by atoms with van der Waals surface area (Å²) in [5, 5.41) is 6.50. The van der Waals surface area contributed by atoms with Gasteiger partial charge in [0.25, 0.3) is 5.91 Å². The fourth-order valence-electron chi connectivity index (χ4n) is 1.04. The van der Waals surface area contributed by atoms with Gasteiger partial charge >= 0.3 is 0 Å². The van der Waals surface area contributed by atoms with Crippen LogP contribution in [-0.4, -0.2) is 24.0 Å². The Morgan fingerprint density at radius 3 is 2.87 bits per heavy atom. The van der Waals surface area contributed by atoms with Crippen LogP contribution in [0.3, 0.4) is 0 Å². The van der Waals surface area contributed by atoms with Crippen molar-refractivity contribution in [2.24, 2.45) is 0 Å². The minimum absolute atomic E-state index is 0.156. The third-order valence-electron chi connectivity index (χ3n) is 1.72. The van der Waals surface area contributed by atoms with Gasteiger partial charge in [0, 0.05) is 13.1 Å². The normalized spacial score (nSPS) is 10.0. The SMILES string of the molecule is CCCNc1nc(N)c(C(=O)NCC)s1. The molecule has 0 aliphatic heterocycles. The van der Waals surface area contributed by atoms with Gasteiger partial charge in [0.05, 0.1) is 0 Å². The summed E-state index contributed by atoms with van der Waals surface area (Å²) in [4.78, 5) is 16.1. The number of carbonyl (C=O) groups excluding carboxylic acids is 1. The van der Waals surface area contributed by atoms with Crippen molar-refractivity contribution in [3.63, 3.8) is 0 Å². The summed E-state index contributed by atoms with van der Waals surface area (Å²) < 4.78 is 0. The Labute approximate surface area is 93.1 Å². The predicted molar refractivity (Wildman–Crippen MR) is 63.3 cm³/mol. The molecule has 0 unspecified atom stereocenters. The fraction of sp³-hybridized carbons (Fsp3) is 0.556. The zero-order valence-electron chi connectivity index (χ0n) is 8.96. The van der Waals surface area contributed by atoms with Crippen molar-refractivity contribution < 1.29 is 4.79 Å². The van der Waals surface area contributed by atoms with E-state index in [1.807, 2.05) is 6.92 Å². The summed E-state index contributed by atoms with van der Waals surface area (Å²) in [5.74, 6) is 0.140. The maximum absolute atomic E-state index is 11.5. The lowest BCUT2D eigenvalue weighted by atomic mass is 10.4. The number of anilines is 2. The van der Waals surface area contributed by atoms with Crippen LogP contribution in [0.1, 0.15) is 29.9 Å². The number of nitrogens with one attached hydrogen (secondary N) is 2. The molecule has 1 aromatic rings. The van der Waals surface area contributed by atoms with Crippen molar-refractivity contribution >= 4 is 28.2 Å². The Kier molecular flexibility index (Phi) is 4.36. The van der Waals surface area contributed by atoms with E-state index in [1.54, 1.807) is 0 Å². The van der Waals surface area contributed by atoms with Crippen molar-refractivity contribution in [3.8, 4) is 0 Å². The van der Waals surface area contributed by atoms with Gasteiger partial charge in [0.1, 0.15) is 10.7 Å². The Morgan fingerprint density at radius 2 is 2.27 bits per heavy atom. The number of rotatable bonds is 5. The largest absolute Gasteiger partial charge is 0.382 e. The van der Waals surface area contributed by atoms with E-state index < -0.39 is 0 Å². The number of nitrogens with zero attached hydrogens (tertiary/aromatic N) is 1. The van der Waals surface area contributed by atoms with Crippen molar-refractivity contribution in [1.82, 2.24) is 10.3 Å². The van der Waals surface area contributed by atoms with Gasteiger partial charge in [-0.25, -0.2) is 4.98 Å². The van der Waals surface area contributed by atoms with E-state index in [1.165, 1.54) is 11.3 Å². The lowest BCUT2D eigenvalue weighted by molar-refractivity contribution is 0.0960. The summed E-state index contributed by atoms with van der Waals surface area (Å²) in [6, 6.07) is 0. The lowest BCUT2D eigenvalue weighted by Gasteiger charge is -1.98. The average molecular weight is 228 g/mol. The van der Waals surface area contributed by atoms with Gasteiger partial charge in [-0.3, -0.25) is 4.79 Å². The second-order valence-electron chi connectivity index (χ2n) is 3.02. The maximum Gasteiger partial charge on any atom is 0.265 e. The smallest absolute Gasteiger partial charge is 0.265 e. The van der Waals surface area contributed by atoms with Crippen LogP contribution in [0.2, 0.25) is 0 Å². The van der Waals surface area contributed by atoms with Crippen LogP contribution >= 0.6 is 11.3 Å². The predicted octanol–water partition coefficient (Wildman–Crippen LogP) is 1.30. The number of hydrogen-bond acceptors (Lipinski definition) is 5. The van der Waals surface area contributed by atoms with Gasteiger partial charge in [0.15, 0.2) is 5.13 Å². The Hall–Kier alpha value is -1.30. The molecule has 0 radical (unpaired) electrons. The minimum Gasteiger partial charge on any atom is -0.382 e. The van der Waals surface area contributed by atoms with E-state index in [4.69, 9.17) is 5.73 Å². The number of thiazole rings is 1. The molecular weight excluding hydrogens is 212 g/mol. The topological polar surface area (TPSA) is 80.0 Å². The summed E-state index contributed by atoms with van der Waals surface area (Å²) >= 11 is 1.29. The summed E-state index contributed by atoms with van der Waals surface area (Å²) in [6.07, 6.45) is 1.01. The molecule has 0 aliphatic rings. The minimum atomic E-state index is -0.156. The molecule has 0 saturated carbocycles. The molecule has 1 heterocycles. The van der Waals surface area contributed by atoms with E-state index in [-0.39, 0.29) is 5.91 Å². The van der Waals surface area contributed by atoms with Crippen molar-refractivity contribution in [3.05, 3.63) is 4.88 Å². The number of carbonyl (C=O) groups is 1. The molecule has 0 atom stereocenters. The molecule has 5 nitrogen and oxygen atoms in total. The highest BCUT2D eigenvalue weighted by Gasteiger charge is 2.14. The van der Waals surface area contributed by atoms with Gasteiger partial charge in [-0.2, -0.15) is 0 Å². The molecule has 1 amide bonds. The fourth-order valence-corrected chi connectivity index (χ4v) is 1.87. The Morgan fingerprint density at radius 1 is 1.53 bits per heavy atom. The van der Waals surface area contributed by atoms with Crippen LogP contribution in [0.25, 0.3) is 0 Å². The molecular formula is C9H16N4OS. The zero-order chi connectivity index (χ0) is 11.3. The maximum atomic E-state index is 11.5. The highest BCUT2D eigenvalue weighted by atomic mass is 32.1. The number of hydrogen-bond donors (Lipinski definition) is 3. The molecule has 1 aromatic heterocycles. The monoisotopic (exact) mass is 228 g/mol. The van der Waals surface area contributed by atoms with Crippen LogP contribution in [0, 0.1) is 0 Å². The van der Waals surface area contributed by atoms with Crippen LogP contribution in [0.5, 0.6) is 0 Å².